The fourth-order valence-corrected chi connectivity index (χ4v) is 4.26. The van der Waals surface area contributed by atoms with E-state index in [0.29, 0.717) is 10.9 Å². The number of H-pyrrole nitrogens is 1. The van der Waals surface area contributed by atoms with Crippen LogP contribution in [0, 0.1) is 0 Å². The minimum atomic E-state index is 0.518. The Morgan fingerprint density at radius 3 is 2.67 bits per heavy atom. The minimum absolute atomic E-state index is 0.518. The Hall–Kier alpha value is -2.59. The standard InChI is InChI=1S/C22H21ClN4/c23-15-9-6-10-16(13-15)24-22-20-19(17-11-4-5-12-18(17)25-22)26-21(27-20)14-7-2-1-3-8-14/h4-6,9-14H,1-3,7-8H2,(H,24,25)(H,26,27). The maximum absolute atomic E-state index is 6.15. The third-order valence-corrected chi connectivity index (χ3v) is 5.66. The first-order chi connectivity index (χ1) is 13.3. The number of pyridine rings is 1. The number of imidazole rings is 1. The van der Waals surface area contributed by atoms with E-state index < -0.39 is 0 Å². The summed E-state index contributed by atoms with van der Waals surface area (Å²) in [6, 6.07) is 15.9. The normalized spacial score (nSPS) is 15.4. The Balaban J connectivity index is 1.67. The number of halogens is 1. The molecule has 2 aromatic heterocycles. The van der Waals surface area contributed by atoms with E-state index in [2.05, 4.69) is 16.4 Å². The van der Waals surface area contributed by atoms with Gasteiger partial charge >= 0.3 is 0 Å². The van der Waals surface area contributed by atoms with Gasteiger partial charge in [0.2, 0.25) is 0 Å². The molecule has 136 valence electrons. The second-order valence-electron chi connectivity index (χ2n) is 7.29. The van der Waals surface area contributed by atoms with Gasteiger partial charge in [-0.3, -0.25) is 0 Å². The lowest BCUT2D eigenvalue weighted by Crippen LogP contribution is -2.06. The molecule has 0 bridgehead atoms. The molecule has 5 heteroatoms. The van der Waals surface area contributed by atoms with Crippen molar-refractivity contribution in [2.75, 3.05) is 5.32 Å². The van der Waals surface area contributed by atoms with E-state index in [4.69, 9.17) is 21.6 Å². The number of benzene rings is 2. The first kappa shape index (κ1) is 16.6. The average molecular weight is 377 g/mol. The van der Waals surface area contributed by atoms with Crippen molar-refractivity contribution in [2.45, 2.75) is 38.0 Å². The molecule has 4 nitrogen and oxygen atoms in total. The molecule has 1 aliphatic rings. The SMILES string of the molecule is Clc1cccc(Nc2nc3ccccc3c3nc(C4CCCCC4)[nH]c23)c1. The van der Waals surface area contributed by atoms with Crippen LogP contribution in [0.1, 0.15) is 43.8 Å². The summed E-state index contributed by atoms with van der Waals surface area (Å²) in [4.78, 5) is 13.5. The molecular formula is C22H21ClN4. The van der Waals surface area contributed by atoms with E-state index >= 15 is 0 Å². The maximum Gasteiger partial charge on any atom is 0.157 e. The Morgan fingerprint density at radius 1 is 0.963 bits per heavy atom. The molecule has 0 unspecified atom stereocenters. The third kappa shape index (κ3) is 3.15. The second kappa shape index (κ2) is 6.86. The molecule has 0 saturated heterocycles. The third-order valence-electron chi connectivity index (χ3n) is 5.43. The molecule has 5 rings (SSSR count). The number of aromatic nitrogens is 3. The van der Waals surface area contributed by atoms with Gasteiger partial charge in [0.25, 0.3) is 0 Å². The molecule has 2 aromatic carbocycles. The van der Waals surface area contributed by atoms with E-state index in [0.717, 1.165) is 39.3 Å². The van der Waals surface area contributed by atoms with Gasteiger partial charge in [0.1, 0.15) is 16.9 Å². The summed E-state index contributed by atoms with van der Waals surface area (Å²) in [5.74, 6) is 2.40. The molecule has 4 aromatic rings. The fraction of sp³-hybridized carbons (Fsp3) is 0.273. The monoisotopic (exact) mass is 376 g/mol. The molecule has 0 spiro atoms. The summed E-state index contributed by atoms with van der Waals surface area (Å²) >= 11 is 6.15. The topological polar surface area (TPSA) is 53.6 Å². The lowest BCUT2D eigenvalue weighted by Gasteiger charge is -2.19. The predicted octanol–water partition coefficient (Wildman–Crippen LogP) is 6.56. The smallest absolute Gasteiger partial charge is 0.157 e. The molecule has 27 heavy (non-hydrogen) atoms. The van der Waals surface area contributed by atoms with Gasteiger partial charge in [0, 0.05) is 22.0 Å². The molecule has 2 N–H and O–H groups in total. The molecular weight excluding hydrogens is 356 g/mol. The summed E-state index contributed by atoms with van der Waals surface area (Å²) in [5, 5.41) is 5.21. The van der Waals surface area contributed by atoms with Gasteiger partial charge in [0.15, 0.2) is 5.82 Å². The number of anilines is 2. The maximum atomic E-state index is 6.15. The number of aromatic amines is 1. The Bertz CT molecular complexity index is 1110. The fourth-order valence-electron chi connectivity index (χ4n) is 4.07. The van der Waals surface area contributed by atoms with E-state index in [9.17, 15) is 0 Å². The quantitative estimate of drug-likeness (QED) is 0.426. The number of nitrogens with zero attached hydrogens (tertiary/aromatic N) is 2. The van der Waals surface area contributed by atoms with Crippen molar-refractivity contribution < 1.29 is 0 Å². The Labute approximate surface area is 163 Å². The number of hydrogen-bond donors (Lipinski definition) is 2. The van der Waals surface area contributed by atoms with Crippen LogP contribution in [0.15, 0.2) is 48.5 Å². The first-order valence-corrected chi connectivity index (χ1v) is 9.97. The molecule has 2 heterocycles. The van der Waals surface area contributed by atoms with E-state index in [-0.39, 0.29) is 0 Å². The van der Waals surface area contributed by atoms with Crippen LogP contribution < -0.4 is 5.32 Å². The number of fused-ring (bicyclic) bond motifs is 3. The first-order valence-electron chi connectivity index (χ1n) is 9.59. The highest BCUT2D eigenvalue weighted by Crippen LogP contribution is 2.35. The van der Waals surface area contributed by atoms with Crippen LogP contribution in [0.3, 0.4) is 0 Å². The van der Waals surface area contributed by atoms with Crippen molar-refractivity contribution in [1.29, 1.82) is 0 Å². The predicted molar refractivity (Wildman–Crippen MR) is 112 cm³/mol. The van der Waals surface area contributed by atoms with Crippen LogP contribution in [0.5, 0.6) is 0 Å². The van der Waals surface area contributed by atoms with Gasteiger partial charge in [-0.15, -0.1) is 0 Å². The van der Waals surface area contributed by atoms with Crippen molar-refractivity contribution in [2.24, 2.45) is 0 Å². The van der Waals surface area contributed by atoms with Crippen molar-refractivity contribution in [3.8, 4) is 0 Å². The Kier molecular flexibility index (Phi) is 4.21. The highest BCUT2D eigenvalue weighted by molar-refractivity contribution is 6.30. The molecule has 0 amide bonds. The van der Waals surface area contributed by atoms with Gasteiger partial charge < -0.3 is 10.3 Å². The largest absolute Gasteiger partial charge is 0.339 e. The highest BCUT2D eigenvalue weighted by atomic mass is 35.5. The summed E-state index contributed by atoms with van der Waals surface area (Å²) in [6.45, 7) is 0. The molecule has 1 aliphatic carbocycles. The number of para-hydroxylation sites is 1. The summed E-state index contributed by atoms with van der Waals surface area (Å²) in [7, 11) is 0. The molecule has 1 fully saturated rings. The Morgan fingerprint density at radius 2 is 1.81 bits per heavy atom. The number of nitrogens with one attached hydrogen (secondary N) is 2. The van der Waals surface area contributed by atoms with Crippen LogP contribution in [0.4, 0.5) is 11.5 Å². The lowest BCUT2D eigenvalue weighted by molar-refractivity contribution is 0.431. The van der Waals surface area contributed by atoms with Crippen LogP contribution in [-0.2, 0) is 0 Å². The van der Waals surface area contributed by atoms with Crippen molar-refractivity contribution >= 4 is 45.0 Å². The van der Waals surface area contributed by atoms with Gasteiger partial charge in [-0.2, -0.15) is 0 Å². The molecule has 1 saturated carbocycles. The molecule has 0 radical (unpaired) electrons. The molecule has 0 atom stereocenters. The number of rotatable bonds is 3. The van der Waals surface area contributed by atoms with Crippen molar-refractivity contribution in [3.63, 3.8) is 0 Å². The van der Waals surface area contributed by atoms with Gasteiger partial charge in [-0.25, -0.2) is 9.97 Å². The van der Waals surface area contributed by atoms with Crippen LogP contribution in [0.2, 0.25) is 5.02 Å². The summed E-state index contributed by atoms with van der Waals surface area (Å²) in [5.41, 5.74) is 3.82. The van der Waals surface area contributed by atoms with Crippen LogP contribution in [-0.4, -0.2) is 15.0 Å². The summed E-state index contributed by atoms with van der Waals surface area (Å²) < 4.78 is 0. The van der Waals surface area contributed by atoms with Gasteiger partial charge in [-0.05, 0) is 37.1 Å². The second-order valence-corrected chi connectivity index (χ2v) is 7.73. The average Bonchev–Trinajstić information content (AvgIpc) is 3.15. The van der Waals surface area contributed by atoms with Crippen molar-refractivity contribution in [1.82, 2.24) is 15.0 Å². The zero-order valence-electron chi connectivity index (χ0n) is 15.0. The van der Waals surface area contributed by atoms with Gasteiger partial charge in [0.05, 0.1) is 5.52 Å². The van der Waals surface area contributed by atoms with Gasteiger partial charge in [-0.1, -0.05) is 55.1 Å². The molecule has 0 aliphatic heterocycles. The minimum Gasteiger partial charge on any atom is -0.339 e. The zero-order valence-corrected chi connectivity index (χ0v) is 15.8. The van der Waals surface area contributed by atoms with Crippen LogP contribution >= 0.6 is 11.6 Å². The van der Waals surface area contributed by atoms with E-state index in [1.807, 2.05) is 42.5 Å². The van der Waals surface area contributed by atoms with E-state index in [1.165, 1.54) is 32.1 Å². The highest BCUT2D eigenvalue weighted by Gasteiger charge is 2.21. The lowest BCUT2D eigenvalue weighted by atomic mass is 9.89. The van der Waals surface area contributed by atoms with Crippen molar-refractivity contribution in [3.05, 3.63) is 59.4 Å². The number of hydrogen-bond acceptors (Lipinski definition) is 3. The van der Waals surface area contributed by atoms with E-state index in [1.54, 1.807) is 0 Å². The van der Waals surface area contributed by atoms with Crippen LogP contribution in [0.25, 0.3) is 21.9 Å². The zero-order chi connectivity index (χ0) is 18.2. The summed E-state index contributed by atoms with van der Waals surface area (Å²) in [6.07, 6.45) is 6.33.